The number of rotatable bonds is 5. The number of anilines is 1. The van der Waals surface area contributed by atoms with E-state index in [2.05, 4.69) is 26.0 Å². The zero-order valence-electron chi connectivity index (χ0n) is 15.1. The van der Waals surface area contributed by atoms with Crippen LogP contribution in [0, 0.1) is 0 Å². The molecular formula is C20H18N6O2. The molecule has 0 aliphatic carbocycles. The van der Waals surface area contributed by atoms with Crippen molar-refractivity contribution in [3.05, 3.63) is 76.7 Å². The topological polar surface area (TPSA) is 105 Å². The molecule has 140 valence electrons. The number of nitrogens with one attached hydrogen (secondary N) is 3. The highest BCUT2D eigenvalue weighted by atomic mass is 16.2. The molecule has 2 heterocycles. The molecule has 4 rings (SSSR count). The molecule has 0 saturated carbocycles. The van der Waals surface area contributed by atoms with E-state index in [1.165, 1.54) is 4.57 Å². The molecule has 0 aliphatic heterocycles. The van der Waals surface area contributed by atoms with E-state index in [-0.39, 0.29) is 17.2 Å². The highest BCUT2D eigenvalue weighted by molar-refractivity contribution is 5.94. The number of fused-ring (bicyclic) bond motifs is 1. The maximum absolute atomic E-state index is 12.6. The van der Waals surface area contributed by atoms with E-state index in [4.69, 9.17) is 0 Å². The first-order valence-corrected chi connectivity index (χ1v) is 8.84. The van der Waals surface area contributed by atoms with Crippen LogP contribution in [0.5, 0.6) is 0 Å². The largest absolute Gasteiger partial charge is 0.287 e. The van der Waals surface area contributed by atoms with Crippen molar-refractivity contribution in [2.75, 3.05) is 5.43 Å². The van der Waals surface area contributed by atoms with Crippen LogP contribution < -0.4 is 16.4 Å². The van der Waals surface area contributed by atoms with Crippen LogP contribution in [-0.2, 0) is 6.54 Å². The molecule has 0 spiro atoms. The van der Waals surface area contributed by atoms with Gasteiger partial charge in [-0.3, -0.25) is 30.1 Å². The number of carbonyl (C=O) groups is 1. The van der Waals surface area contributed by atoms with Crippen molar-refractivity contribution in [1.29, 1.82) is 0 Å². The summed E-state index contributed by atoms with van der Waals surface area (Å²) in [5.74, 6) is -0.151. The van der Waals surface area contributed by atoms with E-state index in [1.54, 1.807) is 24.3 Å². The van der Waals surface area contributed by atoms with Crippen LogP contribution >= 0.6 is 0 Å². The van der Waals surface area contributed by atoms with Gasteiger partial charge in [-0.1, -0.05) is 42.5 Å². The number of aromatic nitrogens is 4. The molecule has 3 N–H and O–H groups in total. The van der Waals surface area contributed by atoms with Gasteiger partial charge in [0.05, 0.1) is 16.6 Å². The van der Waals surface area contributed by atoms with Gasteiger partial charge in [-0.15, -0.1) is 0 Å². The Kier molecular flexibility index (Phi) is 4.59. The van der Waals surface area contributed by atoms with Crippen LogP contribution in [0.3, 0.4) is 0 Å². The fraction of sp³-hybridized carbons (Fsp3) is 0.100. The smallest absolute Gasteiger partial charge is 0.277 e. The second-order valence-electron chi connectivity index (χ2n) is 6.11. The summed E-state index contributed by atoms with van der Waals surface area (Å²) in [5.41, 5.74) is 7.56. The van der Waals surface area contributed by atoms with Crippen molar-refractivity contribution < 1.29 is 4.79 Å². The summed E-state index contributed by atoms with van der Waals surface area (Å²) >= 11 is 0. The minimum atomic E-state index is -0.417. The van der Waals surface area contributed by atoms with Gasteiger partial charge in [0.2, 0.25) is 5.95 Å². The highest BCUT2D eigenvalue weighted by Gasteiger charge is 2.13. The van der Waals surface area contributed by atoms with Gasteiger partial charge in [0.25, 0.3) is 11.5 Å². The molecule has 8 nitrogen and oxygen atoms in total. The molecule has 2 aromatic carbocycles. The second-order valence-corrected chi connectivity index (χ2v) is 6.11. The van der Waals surface area contributed by atoms with Gasteiger partial charge in [0.1, 0.15) is 5.69 Å². The van der Waals surface area contributed by atoms with Gasteiger partial charge in [-0.25, -0.2) is 4.98 Å². The van der Waals surface area contributed by atoms with Crippen LogP contribution in [-0.4, -0.2) is 25.7 Å². The van der Waals surface area contributed by atoms with Crippen molar-refractivity contribution in [2.45, 2.75) is 13.5 Å². The number of carbonyl (C=O) groups excluding carboxylic acids is 1. The highest BCUT2D eigenvalue weighted by Crippen LogP contribution is 2.17. The minimum absolute atomic E-state index is 0.169. The van der Waals surface area contributed by atoms with Gasteiger partial charge in [-0.05, 0) is 25.1 Å². The van der Waals surface area contributed by atoms with E-state index >= 15 is 0 Å². The first-order valence-electron chi connectivity index (χ1n) is 8.84. The molecule has 0 fully saturated rings. The van der Waals surface area contributed by atoms with Crippen LogP contribution in [0.4, 0.5) is 5.95 Å². The SMILES string of the molecule is CCn1c(NNC(=O)c2cc(-c3ccccc3)n[nH]2)nc2ccccc2c1=O. The Labute approximate surface area is 160 Å². The van der Waals surface area contributed by atoms with E-state index < -0.39 is 5.91 Å². The molecule has 1 amide bonds. The second kappa shape index (κ2) is 7.36. The van der Waals surface area contributed by atoms with Crippen molar-refractivity contribution in [1.82, 2.24) is 25.2 Å². The van der Waals surface area contributed by atoms with Crippen LogP contribution in [0.15, 0.2) is 65.5 Å². The lowest BCUT2D eigenvalue weighted by Gasteiger charge is -2.13. The predicted molar refractivity (Wildman–Crippen MR) is 107 cm³/mol. The quantitative estimate of drug-likeness (QED) is 0.466. The molecule has 28 heavy (non-hydrogen) atoms. The summed E-state index contributed by atoms with van der Waals surface area (Å²) in [4.78, 5) is 29.5. The lowest BCUT2D eigenvalue weighted by molar-refractivity contribution is 0.0957. The number of nitrogens with zero attached hydrogens (tertiary/aromatic N) is 3. The molecule has 0 aliphatic rings. The first-order chi connectivity index (χ1) is 13.7. The lowest BCUT2D eigenvalue weighted by Crippen LogP contribution is -2.34. The summed E-state index contributed by atoms with van der Waals surface area (Å²) < 4.78 is 1.46. The minimum Gasteiger partial charge on any atom is -0.277 e. The molecule has 0 unspecified atom stereocenters. The number of hydrogen-bond donors (Lipinski definition) is 3. The first kappa shape index (κ1) is 17.5. The van der Waals surface area contributed by atoms with Gasteiger partial charge in [0.15, 0.2) is 0 Å². The maximum atomic E-state index is 12.6. The number of para-hydroxylation sites is 1. The molecule has 4 aromatic rings. The zero-order valence-corrected chi connectivity index (χ0v) is 15.1. The number of hydrazine groups is 1. The lowest BCUT2D eigenvalue weighted by atomic mass is 10.1. The Morgan fingerprint density at radius 2 is 1.86 bits per heavy atom. The molecular weight excluding hydrogens is 356 g/mol. The number of aromatic amines is 1. The average Bonchev–Trinajstić information content (AvgIpc) is 3.23. The summed E-state index contributed by atoms with van der Waals surface area (Å²) in [6.45, 7) is 2.25. The Morgan fingerprint density at radius 3 is 2.64 bits per heavy atom. The molecule has 0 bridgehead atoms. The van der Waals surface area contributed by atoms with Gasteiger partial charge in [0, 0.05) is 12.1 Å². The number of benzene rings is 2. The van der Waals surface area contributed by atoms with Crippen molar-refractivity contribution in [3.8, 4) is 11.3 Å². The van der Waals surface area contributed by atoms with Crippen molar-refractivity contribution >= 4 is 22.8 Å². The molecule has 0 radical (unpaired) electrons. The predicted octanol–water partition coefficient (Wildman–Crippen LogP) is 2.56. The van der Waals surface area contributed by atoms with Crippen molar-refractivity contribution in [2.24, 2.45) is 0 Å². The molecule has 0 atom stereocenters. The average molecular weight is 374 g/mol. The third kappa shape index (κ3) is 3.23. The maximum Gasteiger partial charge on any atom is 0.287 e. The van der Waals surface area contributed by atoms with E-state index in [1.807, 2.05) is 43.3 Å². The zero-order chi connectivity index (χ0) is 19.5. The Hall–Kier alpha value is -3.94. The standard InChI is InChI=1S/C20H18N6O2/c1-2-26-19(28)14-10-6-7-11-15(14)21-20(26)25-24-18(27)17-12-16(22-23-17)13-8-4-3-5-9-13/h3-12H,2H2,1H3,(H,21,25)(H,22,23)(H,24,27). The fourth-order valence-corrected chi connectivity index (χ4v) is 2.93. The molecule has 8 heteroatoms. The van der Waals surface area contributed by atoms with Crippen molar-refractivity contribution in [3.63, 3.8) is 0 Å². The van der Waals surface area contributed by atoms with Crippen LogP contribution in [0.2, 0.25) is 0 Å². The number of hydrogen-bond acceptors (Lipinski definition) is 5. The van der Waals surface area contributed by atoms with Gasteiger partial charge in [-0.2, -0.15) is 5.10 Å². The number of H-pyrrole nitrogens is 1. The van der Waals surface area contributed by atoms with E-state index in [0.29, 0.717) is 23.1 Å². The van der Waals surface area contributed by atoms with Crippen LogP contribution in [0.1, 0.15) is 17.4 Å². The third-order valence-electron chi connectivity index (χ3n) is 4.36. The normalized spacial score (nSPS) is 10.8. The van der Waals surface area contributed by atoms with Crippen LogP contribution in [0.25, 0.3) is 22.2 Å². The third-order valence-corrected chi connectivity index (χ3v) is 4.36. The summed E-state index contributed by atoms with van der Waals surface area (Å²) in [7, 11) is 0. The summed E-state index contributed by atoms with van der Waals surface area (Å²) in [6, 6.07) is 18.3. The summed E-state index contributed by atoms with van der Waals surface area (Å²) in [5, 5.41) is 7.42. The van der Waals surface area contributed by atoms with E-state index in [0.717, 1.165) is 5.56 Å². The molecule has 2 aromatic heterocycles. The van der Waals surface area contributed by atoms with E-state index in [9.17, 15) is 9.59 Å². The summed E-state index contributed by atoms with van der Waals surface area (Å²) in [6.07, 6.45) is 0. The monoisotopic (exact) mass is 374 g/mol. The molecule has 0 saturated heterocycles. The number of amides is 1. The fourth-order valence-electron chi connectivity index (χ4n) is 2.93. The Morgan fingerprint density at radius 1 is 1.11 bits per heavy atom. The Bertz CT molecular complexity index is 1200. The van der Waals surface area contributed by atoms with Gasteiger partial charge >= 0.3 is 0 Å². The van der Waals surface area contributed by atoms with Gasteiger partial charge < -0.3 is 0 Å². The Balaban J connectivity index is 1.56.